The van der Waals surface area contributed by atoms with Crippen LogP contribution in [-0.4, -0.2) is 29.7 Å². The molecule has 0 aromatic heterocycles. The van der Waals surface area contributed by atoms with Crippen LogP contribution in [0.15, 0.2) is 78.9 Å². The Morgan fingerprint density at radius 1 is 0.868 bits per heavy atom. The van der Waals surface area contributed by atoms with E-state index in [1.807, 2.05) is 4.90 Å². The Morgan fingerprint density at radius 2 is 1.58 bits per heavy atom. The van der Waals surface area contributed by atoms with Crippen molar-refractivity contribution < 1.29 is 9.53 Å². The topological polar surface area (TPSA) is 29.5 Å². The fourth-order valence-corrected chi connectivity index (χ4v) is 6.84. The monoisotopic (exact) mass is 505 g/mol. The maximum atomic E-state index is 13.5. The Labute approximate surface area is 227 Å². The minimum Gasteiger partial charge on any atom is -0.448 e. The van der Waals surface area contributed by atoms with Crippen molar-refractivity contribution in [2.75, 3.05) is 6.61 Å². The van der Waals surface area contributed by atoms with Crippen molar-refractivity contribution in [3.63, 3.8) is 0 Å². The first-order valence-corrected chi connectivity index (χ1v) is 14.7. The zero-order chi connectivity index (χ0) is 25.9. The molecule has 2 atom stereocenters. The van der Waals surface area contributed by atoms with E-state index in [4.69, 9.17) is 4.74 Å². The van der Waals surface area contributed by atoms with Crippen LogP contribution >= 0.6 is 0 Å². The first-order valence-electron chi connectivity index (χ1n) is 14.7. The number of hydrogen-bond donors (Lipinski definition) is 0. The zero-order valence-electron chi connectivity index (χ0n) is 22.6. The Kier molecular flexibility index (Phi) is 7.35. The van der Waals surface area contributed by atoms with Crippen LogP contribution in [0.2, 0.25) is 0 Å². The molecule has 3 nitrogen and oxygen atoms in total. The second-order valence-corrected chi connectivity index (χ2v) is 11.3. The standard InChI is InChI=1S/C35H39NO2/c1-2-3-4-5-11-25-18-20-26(21-19-25)27-22-28-12-10-13-29(23-27)36(28)35(37)38-24-34-32-16-8-6-14-30(32)31-15-7-9-17-33(31)34/h6-9,14-22,28-29,34H,2-5,10-13,23-24H2,1H3. The van der Waals surface area contributed by atoms with Crippen molar-refractivity contribution in [3.8, 4) is 11.1 Å². The van der Waals surface area contributed by atoms with Crippen molar-refractivity contribution in [1.29, 1.82) is 0 Å². The van der Waals surface area contributed by atoms with Gasteiger partial charge in [0.15, 0.2) is 0 Å². The van der Waals surface area contributed by atoms with Gasteiger partial charge >= 0.3 is 6.09 Å². The summed E-state index contributed by atoms with van der Waals surface area (Å²) in [6, 6.07) is 26.6. The Hall–Kier alpha value is -3.33. The molecule has 0 saturated carbocycles. The zero-order valence-corrected chi connectivity index (χ0v) is 22.6. The van der Waals surface area contributed by atoms with Crippen molar-refractivity contribution >= 4 is 11.7 Å². The largest absolute Gasteiger partial charge is 0.448 e. The molecule has 38 heavy (non-hydrogen) atoms. The van der Waals surface area contributed by atoms with Crippen LogP contribution in [0.25, 0.3) is 16.7 Å². The summed E-state index contributed by atoms with van der Waals surface area (Å²) in [5.74, 6) is 0.0996. The molecule has 0 spiro atoms. The van der Waals surface area contributed by atoms with Gasteiger partial charge in [0.1, 0.15) is 6.61 Å². The van der Waals surface area contributed by atoms with Crippen LogP contribution in [0.5, 0.6) is 0 Å². The summed E-state index contributed by atoms with van der Waals surface area (Å²) in [5, 5.41) is 0. The number of fused-ring (bicyclic) bond motifs is 5. The highest BCUT2D eigenvalue weighted by atomic mass is 16.6. The van der Waals surface area contributed by atoms with E-state index in [9.17, 15) is 4.79 Å². The number of aryl methyl sites for hydroxylation is 1. The third kappa shape index (κ3) is 4.91. The molecular weight excluding hydrogens is 466 g/mol. The third-order valence-corrected chi connectivity index (χ3v) is 8.83. The number of amides is 1. The lowest BCUT2D eigenvalue weighted by Gasteiger charge is -2.44. The maximum absolute atomic E-state index is 13.5. The molecule has 1 saturated heterocycles. The van der Waals surface area contributed by atoms with Crippen LogP contribution < -0.4 is 0 Å². The van der Waals surface area contributed by atoms with Crippen LogP contribution in [-0.2, 0) is 11.2 Å². The third-order valence-electron chi connectivity index (χ3n) is 8.83. The van der Waals surface area contributed by atoms with Gasteiger partial charge in [0.25, 0.3) is 0 Å². The second kappa shape index (κ2) is 11.2. The molecule has 1 aliphatic carbocycles. The number of rotatable bonds is 8. The predicted molar refractivity (Wildman–Crippen MR) is 155 cm³/mol. The van der Waals surface area contributed by atoms with Gasteiger partial charge in [-0.2, -0.15) is 0 Å². The molecule has 3 heteroatoms. The summed E-state index contributed by atoms with van der Waals surface area (Å²) in [5.41, 5.74) is 9.18. The lowest BCUT2D eigenvalue weighted by atomic mass is 9.83. The number of benzene rings is 3. The summed E-state index contributed by atoms with van der Waals surface area (Å²) >= 11 is 0. The lowest BCUT2D eigenvalue weighted by molar-refractivity contribution is 0.0539. The van der Waals surface area contributed by atoms with E-state index in [0.29, 0.717) is 6.61 Å². The molecular formula is C35H39NO2. The fourth-order valence-electron chi connectivity index (χ4n) is 6.84. The average molecular weight is 506 g/mol. The molecule has 2 aliphatic heterocycles. The summed E-state index contributed by atoms with van der Waals surface area (Å²) in [6.45, 7) is 2.65. The van der Waals surface area contributed by atoms with Crippen LogP contribution in [0, 0.1) is 0 Å². The fraction of sp³-hybridized carbons (Fsp3) is 0.400. The first kappa shape index (κ1) is 25.0. The number of piperidine rings is 1. The highest BCUT2D eigenvalue weighted by molar-refractivity contribution is 5.79. The maximum Gasteiger partial charge on any atom is 0.410 e. The SMILES string of the molecule is CCCCCCc1ccc(C2=CC3CCCC(C2)N3C(=O)OCC2c3ccccc3-c3ccccc32)cc1. The number of carbonyl (C=O) groups excluding carboxylic acids is 1. The molecule has 2 heterocycles. The number of ether oxygens (including phenoxy) is 1. The molecule has 2 unspecified atom stereocenters. The summed E-state index contributed by atoms with van der Waals surface area (Å²) in [7, 11) is 0. The van der Waals surface area contributed by atoms with Gasteiger partial charge in [-0.15, -0.1) is 0 Å². The van der Waals surface area contributed by atoms with Gasteiger partial charge in [0.05, 0.1) is 6.04 Å². The van der Waals surface area contributed by atoms with Gasteiger partial charge in [0, 0.05) is 12.0 Å². The molecule has 1 fully saturated rings. The van der Waals surface area contributed by atoms with Crippen LogP contribution in [0.1, 0.15) is 86.5 Å². The van der Waals surface area contributed by atoms with Gasteiger partial charge in [0.2, 0.25) is 0 Å². The summed E-state index contributed by atoms with van der Waals surface area (Å²) < 4.78 is 6.08. The number of carbonyl (C=O) groups is 1. The van der Waals surface area contributed by atoms with E-state index >= 15 is 0 Å². The Balaban J connectivity index is 1.13. The highest BCUT2D eigenvalue weighted by Crippen LogP contribution is 2.45. The first-order chi connectivity index (χ1) is 18.7. The van der Waals surface area contributed by atoms with Crippen LogP contribution in [0.4, 0.5) is 4.79 Å². The van der Waals surface area contributed by atoms with Crippen molar-refractivity contribution in [3.05, 3.63) is 101 Å². The molecule has 3 aromatic rings. The predicted octanol–water partition coefficient (Wildman–Crippen LogP) is 8.77. The van der Waals surface area contributed by atoms with Gasteiger partial charge in [-0.05, 0) is 77.5 Å². The van der Waals surface area contributed by atoms with Gasteiger partial charge in [-0.25, -0.2) is 4.79 Å². The van der Waals surface area contributed by atoms with Crippen molar-refractivity contribution in [2.45, 2.75) is 82.7 Å². The average Bonchev–Trinajstić information content (AvgIpc) is 3.27. The van der Waals surface area contributed by atoms with E-state index in [2.05, 4.69) is 85.8 Å². The van der Waals surface area contributed by atoms with E-state index in [1.165, 1.54) is 77.5 Å². The van der Waals surface area contributed by atoms with Crippen molar-refractivity contribution in [1.82, 2.24) is 4.90 Å². The normalized spacial score (nSPS) is 20.0. The van der Waals surface area contributed by atoms with Gasteiger partial charge < -0.3 is 4.74 Å². The molecule has 0 radical (unpaired) electrons. The van der Waals surface area contributed by atoms with E-state index < -0.39 is 0 Å². The number of nitrogens with zero attached hydrogens (tertiary/aromatic N) is 1. The molecule has 3 aromatic carbocycles. The summed E-state index contributed by atoms with van der Waals surface area (Å²) in [4.78, 5) is 15.5. The van der Waals surface area contributed by atoms with Crippen LogP contribution in [0.3, 0.4) is 0 Å². The van der Waals surface area contributed by atoms with E-state index in [1.54, 1.807) is 0 Å². The Morgan fingerprint density at radius 3 is 2.26 bits per heavy atom. The Bertz CT molecular complexity index is 1260. The summed E-state index contributed by atoms with van der Waals surface area (Å²) in [6.07, 6.45) is 12.7. The molecule has 1 amide bonds. The quantitative estimate of drug-likeness (QED) is 0.286. The second-order valence-electron chi connectivity index (χ2n) is 11.3. The minimum absolute atomic E-state index is 0.0996. The molecule has 196 valence electrons. The van der Waals surface area contributed by atoms with Gasteiger partial charge in [-0.3, -0.25) is 4.90 Å². The van der Waals surface area contributed by atoms with Gasteiger partial charge in [-0.1, -0.05) is 105 Å². The minimum atomic E-state index is -0.153. The molecule has 6 rings (SSSR count). The lowest BCUT2D eigenvalue weighted by Crippen LogP contribution is -2.51. The van der Waals surface area contributed by atoms with E-state index in [-0.39, 0.29) is 24.1 Å². The highest BCUT2D eigenvalue weighted by Gasteiger charge is 2.39. The van der Waals surface area contributed by atoms with Crippen molar-refractivity contribution in [2.24, 2.45) is 0 Å². The van der Waals surface area contributed by atoms with E-state index in [0.717, 1.165) is 19.3 Å². The molecule has 2 bridgehead atoms. The molecule has 3 aliphatic rings. The number of unbranched alkanes of at least 4 members (excludes halogenated alkanes) is 3. The smallest absolute Gasteiger partial charge is 0.410 e. The number of hydrogen-bond acceptors (Lipinski definition) is 2. The molecule has 0 N–H and O–H groups in total.